The molecule has 0 radical (unpaired) electrons. The lowest BCUT2D eigenvalue weighted by atomic mass is 9.75. The van der Waals surface area contributed by atoms with Crippen molar-refractivity contribution in [3.63, 3.8) is 0 Å². The van der Waals surface area contributed by atoms with Gasteiger partial charge in [-0.1, -0.05) is 39.7 Å². The lowest BCUT2D eigenvalue weighted by molar-refractivity contribution is -0.199. The van der Waals surface area contributed by atoms with Gasteiger partial charge in [-0.15, -0.1) is 0 Å². The Bertz CT molecular complexity index is 603. The number of carbonyl (C=O) groups excluding carboxylic acids is 1. The van der Waals surface area contributed by atoms with Gasteiger partial charge >= 0.3 is 5.97 Å². The van der Waals surface area contributed by atoms with Crippen molar-refractivity contribution in [3.05, 3.63) is 34.3 Å². The van der Waals surface area contributed by atoms with Gasteiger partial charge in [0.15, 0.2) is 5.60 Å². The first-order chi connectivity index (χ1) is 9.41. The highest BCUT2D eigenvalue weighted by atomic mass is 79.9. The van der Waals surface area contributed by atoms with Gasteiger partial charge < -0.3 is 9.47 Å². The Morgan fingerprint density at radius 3 is 2.70 bits per heavy atom. The zero-order valence-corrected chi connectivity index (χ0v) is 13.4. The number of halogens is 2. The monoisotopic (exact) mass is 357 g/mol. The molecule has 20 heavy (non-hydrogen) atoms. The molecule has 2 bridgehead atoms. The van der Waals surface area contributed by atoms with Crippen LogP contribution in [0.5, 0.6) is 0 Å². The lowest BCUT2D eigenvalue weighted by Gasteiger charge is -2.49. The van der Waals surface area contributed by atoms with Crippen molar-refractivity contribution in [2.75, 3.05) is 7.11 Å². The molecular formula is C14H13BrClNO3. The molecule has 3 aliphatic rings. The van der Waals surface area contributed by atoms with E-state index in [4.69, 9.17) is 21.1 Å². The van der Waals surface area contributed by atoms with Crippen LogP contribution in [0.25, 0.3) is 0 Å². The van der Waals surface area contributed by atoms with Crippen molar-refractivity contribution in [2.24, 2.45) is 4.99 Å². The normalized spacial score (nSPS) is 35.7. The van der Waals surface area contributed by atoms with Crippen LogP contribution in [-0.2, 0) is 14.3 Å². The molecule has 0 N–H and O–H groups in total. The third-order valence-corrected chi connectivity index (χ3v) is 4.97. The Balaban J connectivity index is 2.13. The Morgan fingerprint density at radius 1 is 1.45 bits per heavy atom. The minimum absolute atomic E-state index is 0.214. The van der Waals surface area contributed by atoms with E-state index in [0.29, 0.717) is 6.42 Å². The lowest BCUT2D eigenvalue weighted by Crippen LogP contribution is -2.62. The third kappa shape index (κ3) is 1.84. The van der Waals surface area contributed by atoms with Crippen LogP contribution < -0.4 is 0 Å². The summed E-state index contributed by atoms with van der Waals surface area (Å²) in [5, 5.41) is 0.285. The first-order valence-corrected chi connectivity index (χ1v) is 7.38. The summed E-state index contributed by atoms with van der Waals surface area (Å²) in [7, 11) is 1.45. The standard InChI is InChI=1S/C14H13BrClNO3/c1-13-7-10(8-3-5-9(15)6-4-8)14(19-2,12(18)20-13)17-11(13)16/h3-6,10H,7H2,1-2H3/t10-,13-,14+/m0/s1. The van der Waals surface area contributed by atoms with E-state index in [2.05, 4.69) is 20.9 Å². The fourth-order valence-electron chi connectivity index (χ4n) is 2.81. The minimum Gasteiger partial charge on any atom is -0.448 e. The number of methoxy groups -OCH3 is 1. The summed E-state index contributed by atoms with van der Waals surface area (Å²) in [6, 6.07) is 7.77. The number of hydrogen-bond acceptors (Lipinski definition) is 4. The Morgan fingerprint density at radius 2 is 2.10 bits per heavy atom. The van der Waals surface area contributed by atoms with E-state index in [1.54, 1.807) is 6.92 Å². The van der Waals surface area contributed by atoms with Crippen LogP contribution in [0.1, 0.15) is 24.8 Å². The topological polar surface area (TPSA) is 47.9 Å². The van der Waals surface area contributed by atoms with E-state index in [-0.39, 0.29) is 11.1 Å². The molecule has 0 aliphatic carbocycles. The summed E-state index contributed by atoms with van der Waals surface area (Å²) in [4.78, 5) is 16.6. The Kier molecular flexibility index (Phi) is 3.19. The van der Waals surface area contributed by atoms with Crippen LogP contribution in [0.4, 0.5) is 0 Å². The number of hydrogen-bond donors (Lipinski definition) is 0. The largest absolute Gasteiger partial charge is 0.448 e. The van der Waals surface area contributed by atoms with Crippen LogP contribution in [0.2, 0.25) is 0 Å². The Labute approximate surface area is 130 Å². The van der Waals surface area contributed by atoms with Crippen molar-refractivity contribution in [1.29, 1.82) is 0 Å². The Hall–Kier alpha value is -0.910. The second kappa shape index (κ2) is 4.55. The zero-order valence-electron chi connectivity index (χ0n) is 11.0. The van der Waals surface area contributed by atoms with E-state index in [1.165, 1.54) is 7.11 Å². The average Bonchev–Trinajstić information content (AvgIpc) is 2.41. The second-order valence-corrected chi connectivity index (χ2v) is 6.51. The van der Waals surface area contributed by atoms with Gasteiger partial charge in [0, 0.05) is 23.9 Å². The summed E-state index contributed by atoms with van der Waals surface area (Å²) >= 11 is 9.55. The van der Waals surface area contributed by atoms with E-state index in [9.17, 15) is 4.79 Å². The van der Waals surface area contributed by atoms with Crippen molar-refractivity contribution < 1.29 is 14.3 Å². The predicted molar refractivity (Wildman–Crippen MR) is 79.0 cm³/mol. The summed E-state index contributed by atoms with van der Waals surface area (Å²) in [5.74, 6) is -0.694. The van der Waals surface area contributed by atoms with Gasteiger partial charge in [0.2, 0.25) is 0 Å². The molecule has 6 heteroatoms. The molecule has 3 aliphatic heterocycles. The summed E-state index contributed by atoms with van der Waals surface area (Å²) in [6.45, 7) is 1.78. The molecule has 1 saturated heterocycles. The molecule has 3 heterocycles. The quantitative estimate of drug-likeness (QED) is 0.763. The number of fused-ring (bicyclic) bond motifs is 2. The maximum Gasteiger partial charge on any atom is 0.363 e. The van der Waals surface area contributed by atoms with E-state index in [1.807, 2.05) is 24.3 Å². The first kappa shape index (κ1) is 14.0. The fourth-order valence-corrected chi connectivity index (χ4v) is 3.32. The van der Waals surface area contributed by atoms with Crippen molar-refractivity contribution in [2.45, 2.75) is 30.6 Å². The second-order valence-electron chi connectivity index (χ2n) is 5.23. The van der Waals surface area contributed by atoms with Crippen LogP contribution in [0.15, 0.2) is 33.7 Å². The van der Waals surface area contributed by atoms with Gasteiger partial charge in [0.25, 0.3) is 5.72 Å². The highest BCUT2D eigenvalue weighted by Crippen LogP contribution is 2.50. The number of rotatable bonds is 2. The molecule has 0 amide bonds. The molecule has 1 aromatic carbocycles. The number of ether oxygens (including phenoxy) is 2. The fraction of sp³-hybridized carbons (Fsp3) is 0.429. The molecule has 0 saturated carbocycles. The van der Waals surface area contributed by atoms with Crippen LogP contribution >= 0.6 is 27.5 Å². The number of benzene rings is 1. The highest BCUT2D eigenvalue weighted by Gasteiger charge is 2.62. The number of aliphatic imine (C=N–C) groups is 1. The molecular weight excluding hydrogens is 346 g/mol. The smallest absolute Gasteiger partial charge is 0.363 e. The number of carbonyl (C=O) groups is 1. The molecule has 1 fully saturated rings. The molecule has 0 spiro atoms. The van der Waals surface area contributed by atoms with E-state index in [0.717, 1.165) is 10.0 Å². The first-order valence-electron chi connectivity index (χ1n) is 6.21. The van der Waals surface area contributed by atoms with Gasteiger partial charge in [-0.25, -0.2) is 9.79 Å². The van der Waals surface area contributed by atoms with E-state index < -0.39 is 17.3 Å². The zero-order chi connectivity index (χ0) is 14.5. The van der Waals surface area contributed by atoms with E-state index >= 15 is 0 Å². The highest BCUT2D eigenvalue weighted by molar-refractivity contribution is 9.10. The van der Waals surface area contributed by atoms with Gasteiger partial charge in [-0.3, -0.25) is 0 Å². The third-order valence-electron chi connectivity index (χ3n) is 3.96. The minimum atomic E-state index is -1.37. The van der Waals surface area contributed by atoms with Gasteiger partial charge in [-0.05, 0) is 24.6 Å². The van der Waals surface area contributed by atoms with Crippen molar-refractivity contribution >= 4 is 38.7 Å². The van der Waals surface area contributed by atoms with Gasteiger partial charge in [-0.2, -0.15) is 0 Å². The van der Waals surface area contributed by atoms with Crippen LogP contribution in [0, 0.1) is 0 Å². The number of esters is 1. The van der Waals surface area contributed by atoms with Gasteiger partial charge in [0.05, 0.1) is 0 Å². The summed E-state index contributed by atoms with van der Waals surface area (Å²) in [5.41, 5.74) is -1.26. The van der Waals surface area contributed by atoms with Crippen molar-refractivity contribution in [1.82, 2.24) is 0 Å². The molecule has 4 rings (SSSR count). The van der Waals surface area contributed by atoms with Crippen LogP contribution in [-0.4, -0.2) is 29.6 Å². The molecule has 4 nitrogen and oxygen atoms in total. The average molecular weight is 359 g/mol. The SMILES string of the molecule is CO[C@]12N=C(Cl)[C@](C)(C[C@H]1c1ccc(Br)cc1)OC2=O. The molecule has 0 unspecified atom stereocenters. The van der Waals surface area contributed by atoms with Gasteiger partial charge in [0.1, 0.15) is 5.17 Å². The molecule has 1 aromatic rings. The summed E-state index contributed by atoms with van der Waals surface area (Å²) < 4.78 is 11.8. The number of nitrogens with zero attached hydrogens (tertiary/aromatic N) is 1. The maximum absolute atomic E-state index is 12.3. The van der Waals surface area contributed by atoms with Crippen LogP contribution in [0.3, 0.4) is 0 Å². The predicted octanol–water partition coefficient (Wildman–Crippen LogP) is 3.23. The molecule has 106 valence electrons. The summed E-state index contributed by atoms with van der Waals surface area (Å²) in [6.07, 6.45) is 0.552. The van der Waals surface area contributed by atoms with Crippen molar-refractivity contribution in [3.8, 4) is 0 Å². The molecule has 0 aromatic heterocycles. The maximum atomic E-state index is 12.3. The molecule has 3 atom stereocenters.